The average molecular weight is 312 g/mol. The molecule has 1 aliphatic carbocycles. The molecule has 120 valence electrons. The van der Waals surface area contributed by atoms with Gasteiger partial charge in [0, 0.05) is 42.7 Å². The second-order valence-corrected chi connectivity index (χ2v) is 5.74. The van der Waals surface area contributed by atoms with E-state index in [1.807, 2.05) is 35.0 Å². The van der Waals surface area contributed by atoms with Crippen molar-refractivity contribution in [2.75, 3.05) is 11.9 Å². The lowest BCUT2D eigenvalue weighted by atomic mass is 10.2. The summed E-state index contributed by atoms with van der Waals surface area (Å²) >= 11 is 0. The quantitative estimate of drug-likeness (QED) is 0.769. The third-order valence-corrected chi connectivity index (χ3v) is 3.76. The highest BCUT2D eigenvalue weighted by molar-refractivity contribution is 5.91. The minimum Gasteiger partial charge on any atom is -0.356 e. The van der Waals surface area contributed by atoms with Crippen molar-refractivity contribution in [3.63, 3.8) is 0 Å². The number of imidazole rings is 1. The molecular formula is C17H20N4O2. The van der Waals surface area contributed by atoms with Gasteiger partial charge in [0.1, 0.15) is 0 Å². The van der Waals surface area contributed by atoms with Gasteiger partial charge in [-0.25, -0.2) is 4.98 Å². The highest BCUT2D eigenvalue weighted by Crippen LogP contribution is 2.28. The van der Waals surface area contributed by atoms with Crippen LogP contribution >= 0.6 is 0 Å². The summed E-state index contributed by atoms with van der Waals surface area (Å²) in [6.45, 7) is 0.553. The molecule has 1 saturated carbocycles. The molecule has 2 amide bonds. The molecular weight excluding hydrogens is 292 g/mol. The van der Waals surface area contributed by atoms with Crippen LogP contribution < -0.4 is 10.6 Å². The summed E-state index contributed by atoms with van der Waals surface area (Å²) in [7, 11) is 0. The number of nitrogens with one attached hydrogen (secondary N) is 2. The van der Waals surface area contributed by atoms with Crippen LogP contribution in [0.3, 0.4) is 0 Å². The fourth-order valence-corrected chi connectivity index (χ4v) is 2.33. The zero-order valence-electron chi connectivity index (χ0n) is 12.9. The Labute approximate surface area is 134 Å². The Balaban J connectivity index is 1.44. The molecule has 0 radical (unpaired) electrons. The van der Waals surface area contributed by atoms with Crippen LogP contribution in [-0.2, 0) is 9.59 Å². The Bertz CT molecular complexity index is 678. The van der Waals surface area contributed by atoms with Gasteiger partial charge in [-0.3, -0.25) is 9.59 Å². The van der Waals surface area contributed by atoms with E-state index in [1.54, 1.807) is 12.5 Å². The second kappa shape index (κ2) is 7.09. The standard InChI is InChI=1S/C17H20N4O2/c22-16(5-2-8-19-17(23)13-6-7-13)20-14-3-1-4-15(11-14)21-10-9-18-12-21/h1,3-4,9-13H,2,5-8H2,(H,19,23)(H,20,22). The largest absolute Gasteiger partial charge is 0.356 e. The van der Waals surface area contributed by atoms with Gasteiger partial charge in [0.2, 0.25) is 11.8 Å². The van der Waals surface area contributed by atoms with E-state index in [0.29, 0.717) is 19.4 Å². The molecule has 23 heavy (non-hydrogen) atoms. The monoisotopic (exact) mass is 312 g/mol. The van der Waals surface area contributed by atoms with Crippen LogP contribution in [0.2, 0.25) is 0 Å². The molecule has 0 saturated heterocycles. The third kappa shape index (κ3) is 4.42. The molecule has 1 aromatic carbocycles. The number of nitrogens with zero attached hydrogens (tertiary/aromatic N) is 2. The Kier molecular flexibility index (Phi) is 4.71. The van der Waals surface area contributed by atoms with Crippen molar-refractivity contribution < 1.29 is 9.59 Å². The smallest absolute Gasteiger partial charge is 0.224 e. The predicted octanol–water partition coefficient (Wildman–Crippen LogP) is 2.12. The first-order chi connectivity index (χ1) is 11.2. The fraction of sp³-hybridized carbons (Fsp3) is 0.353. The molecule has 0 aliphatic heterocycles. The number of carbonyl (C=O) groups is 2. The number of carbonyl (C=O) groups excluding carboxylic acids is 2. The molecule has 0 spiro atoms. The third-order valence-electron chi connectivity index (χ3n) is 3.76. The first kappa shape index (κ1) is 15.3. The molecule has 0 bridgehead atoms. The maximum atomic E-state index is 12.0. The van der Waals surface area contributed by atoms with Gasteiger partial charge >= 0.3 is 0 Å². The van der Waals surface area contributed by atoms with Gasteiger partial charge in [0.25, 0.3) is 0 Å². The van der Waals surface area contributed by atoms with E-state index in [4.69, 9.17) is 0 Å². The lowest BCUT2D eigenvalue weighted by Gasteiger charge is -2.08. The minimum atomic E-state index is -0.0477. The van der Waals surface area contributed by atoms with Gasteiger partial charge in [-0.1, -0.05) is 6.07 Å². The molecule has 3 rings (SSSR count). The summed E-state index contributed by atoms with van der Waals surface area (Å²) in [5, 5.41) is 5.74. The molecule has 6 heteroatoms. The van der Waals surface area contributed by atoms with Crippen LogP contribution in [0, 0.1) is 5.92 Å². The van der Waals surface area contributed by atoms with Crippen molar-refractivity contribution in [1.29, 1.82) is 0 Å². The highest BCUT2D eigenvalue weighted by atomic mass is 16.2. The van der Waals surface area contributed by atoms with E-state index in [-0.39, 0.29) is 17.7 Å². The van der Waals surface area contributed by atoms with E-state index in [0.717, 1.165) is 24.2 Å². The number of anilines is 1. The van der Waals surface area contributed by atoms with Crippen molar-refractivity contribution in [3.8, 4) is 5.69 Å². The Hall–Kier alpha value is -2.63. The van der Waals surface area contributed by atoms with Crippen LogP contribution in [-0.4, -0.2) is 27.9 Å². The fourth-order valence-electron chi connectivity index (χ4n) is 2.33. The van der Waals surface area contributed by atoms with Gasteiger partial charge in [-0.05, 0) is 37.5 Å². The number of hydrogen-bond donors (Lipinski definition) is 2. The van der Waals surface area contributed by atoms with Crippen LogP contribution in [0.5, 0.6) is 0 Å². The Morgan fingerprint density at radius 1 is 1.30 bits per heavy atom. The number of rotatable bonds is 7. The van der Waals surface area contributed by atoms with E-state index in [9.17, 15) is 9.59 Å². The zero-order valence-corrected chi connectivity index (χ0v) is 12.9. The van der Waals surface area contributed by atoms with Crippen LogP contribution in [0.1, 0.15) is 25.7 Å². The second-order valence-electron chi connectivity index (χ2n) is 5.74. The first-order valence-corrected chi connectivity index (χ1v) is 7.88. The molecule has 1 fully saturated rings. The first-order valence-electron chi connectivity index (χ1n) is 7.88. The topological polar surface area (TPSA) is 76.0 Å². The van der Waals surface area contributed by atoms with E-state index < -0.39 is 0 Å². The van der Waals surface area contributed by atoms with Crippen molar-refractivity contribution in [2.45, 2.75) is 25.7 Å². The zero-order chi connectivity index (χ0) is 16.1. The number of aromatic nitrogens is 2. The predicted molar refractivity (Wildman–Crippen MR) is 87.2 cm³/mol. The molecule has 0 unspecified atom stereocenters. The summed E-state index contributed by atoms with van der Waals surface area (Å²) in [6, 6.07) is 7.59. The lowest BCUT2D eigenvalue weighted by Crippen LogP contribution is -2.26. The molecule has 0 atom stereocenters. The van der Waals surface area contributed by atoms with E-state index >= 15 is 0 Å². The van der Waals surface area contributed by atoms with Crippen molar-refractivity contribution in [2.24, 2.45) is 5.92 Å². The lowest BCUT2D eigenvalue weighted by molar-refractivity contribution is -0.122. The number of hydrogen-bond acceptors (Lipinski definition) is 3. The van der Waals surface area contributed by atoms with Gasteiger partial charge in [-0.15, -0.1) is 0 Å². The normalized spacial score (nSPS) is 13.6. The highest BCUT2D eigenvalue weighted by Gasteiger charge is 2.28. The minimum absolute atomic E-state index is 0.0477. The Morgan fingerprint density at radius 2 is 2.17 bits per heavy atom. The van der Waals surface area contributed by atoms with Crippen LogP contribution in [0.25, 0.3) is 5.69 Å². The van der Waals surface area contributed by atoms with Crippen molar-refractivity contribution in [3.05, 3.63) is 43.0 Å². The van der Waals surface area contributed by atoms with Crippen molar-refractivity contribution in [1.82, 2.24) is 14.9 Å². The number of benzene rings is 1. The van der Waals surface area contributed by atoms with E-state index in [1.165, 1.54) is 0 Å². The summed E-state index contributed by atoms with van der Waals surface area (Å²) in [6.07, 6.45) is 8.30. The summed E-state index contributed by atoms with van der Waals surface area (Å²) < 4.78 is 1.88. The average Bonchev–Trinajstić information content (AvgIpc) is 3.26. The maximum Gasteiger partial charge on any atom is 0.224 e. The van der Waals surface area contributed by atoms with Gasteiger partial charge < -0.3 is 15.2 Å². The molecule has 6 nitrogen and oxygen atoms in total. The van der Waals surface area contributed by atoms with Crippen LogP contribution in [0.15, 0.2) is 43.0 Å². The molecule has 2 aromatic rings. The summed E-state index contributed by atoms with van der Waals surface area (Å²) in [4.78, 5) is 27.4. The van der Waals surface area contributed by atoms with Gasteiger partial charge in [0.05, 0.1) is 6.33 Å². The molecule has 1 aromatic heterocycles. The summed E-state index contributed by atoms with van der Waals surface area (Å²) in [5.74, 6) is 0.293. The van der Waals surface area contributed by atoms with E-state index in [2.05, 4.69) is 15.6 Å². The van der Waals surface area contributed by atoms with Gasteiger partial charge in [-0.2, -0.15) is 0 Å². The maximum absolute atomic E-state index is 12.0. The van der Waals surface area contributed by atoms with Crippen molar-refractivity contribution >= 4 is 17.5 Å². The Morgan fingerprint density at radius 3 is 2.91 bits per heavy atom. The van der Waals surface area contributed by atoms with Crippen LogP contribution in [0.4, 0.5) is 5.69 Å². The summed E-state index contributed by atoms with van der Waals surface area (Å²) in [5.41, 5.74) is 1.69. The molecule has 1 aliphatic rings. The van der Waals surface area contributed by atoms with Gasteiger partial charge in [0.15, 0.2) is 0 Å². The SMILES string of the molecule is O=C(CCCNC(=O)C1CC1)Nc1cccc(-n2ccnc2)c1. The molecule has 1 heterocycles. The molecule has 2 N–H and O–H groups in total. The number of amides is 2.